The fourth-order valence-corrected chi connectivity index (χ4v) is 3.00. The lowest BCUT2D eigenvalue weighted by molar-refractivity contribution is -0.0217. The number of rotatable bonds is 0. The topological polar surface area (TPSA) is 9.23 Å². The maximum atomic E-state index is 5.93. The zero-order chi connectivity index (χ0) is 8.60. The molecule has 1 heterocycles. The molecule has 0 aromatic rings. The first-order chi connectivity index (χ1) is 5.75. The Morgan fingerprint density at radius 3 is 2.42 bits per heavy atom. The van der Waals surface area contributed by atoms with Gasteiger partial charge in [0.25, 0.3) is 0 Å². The van der Waals surface area contributed by atoms with Crippen molar-refractivity contribution in [3.8, 4) is 0 Å². The average molecular weight is 186 g/mol. The van der Waals surface area contributed by atoms with Crippen molar-refractivity contribution in [3.63, 3.8) is 0 Å². The second-order valence-corrected chi connectivity index (χ2v) is 4.91. The summed E-state index contributed by atoms with van der Waals surface area (Å²) in [4.78, 5) is 0. The number of hydrogen-bond donors (Lipinski definition) is 1. The van der Waals surface area contributed by atoms with Gasteiger partial charge in [-0.3, -0.25) is 0 Å². The van der Waals surface area contributed by atoms with Gasteiger partial charge in [-0.25, -0.2) is 0 Å². The van der Waals surface area contributed by atoms with Gasteiger partial charge in [0, 0.05) is 5.25 Å². The van der Waals surface area contributed by atoms with Gasteiger partial charge >= 0.3 is 0 Å². The molecule has 1 spiro atoms. The van der Waals surface area contributed by atoms with Crippen LogP contribution in [0.2, 0.25) is 0 Å². The normalized spacial score (nSPS) is 40.5. The smallest absolute Gasteiger partial charge is 0.0801 e. The zero-order valence-electron chi connectivity index (χ0n) is 7.75. The summed E-state index contributed by atoms with van der Waals surface area (Å²) >= 11 is 4.69. The van der Waals surface area contributed by atoms with Crippen molar-refractivity contribution in [1.82, 2.24) is 0 Å². The number of thiol groups is 1. The molecule has 70 valence electrons. The molecule has 2 heteroatoms. The van der Waals surface area contributed by atoms with Gasteiger partial charge in [0.05, 0.1) is 12.2 Å². The summed E-state index contributed by atoms with van der Waals surface area (Å²) in [5, 5.41) is 0.484. The third-order valence-corrected chi connectivity index (χ3v) is 4.39. The molecule has 1 aliphatic heterocycles. The molecular weight excluding hydrogens is 168 g/mol. The van der Waals surface area contributed by atoms with E-state index in [1.54, 1.807) is 0 Å². The molecule has 2 rings (SSSR count). The maximum absolute atomic E-state index is 5.93. The first-order valence-electron chi connectivity index (χ1n) is 5.07. The average Bonchev–Trinajstić information content (AvgIpc) is 2.37. The van der Waals surface area contributed by atoms with Crippen molar-refractivity contribution in [2.45, 2.75) is 49.9 Å². The first-order valence-corrected chi connectivity index (χ1v) is 5.58. The van der Waals surface area contributed by atoms with Crippen LogP contribution in [-0.4, -0.2) is 17.5 Å². The van der Waals surface area contributed by atoms with Crippen molar-refractivity contribution in [2.75, 3.05) is 6.61 Å². The van der Waals surface area contributed by atoms with Gasteiger partial charge in [-0.2, -0.15) is 12.6 Å². The van der Waals surface area contributed by atoms with Gasteiger partial charge in [-0.05, 0) is 18.8 Å². The van der Waals surface area contributed by atoms with Crippen LogP contribution in [0, 0.1) is 5.92 Å². The Hall–Kier alpha value is 0.310. The van der Waals surface area contributed by atoms with Gasteiger partial charge in [-0.1, -0.05) is 26.2 Å². The highest BCUT2D eigenvalue weighted by molar-refractivity contribution is 7.81. The monoisotopic (exact) mass is 186 g/mol. The van der Waals surface area contributed by atoms with Crippen LogP contribution in [0.25, 0.3) is 0 Å². The predicted octanol–water partition coefficient (Wildman–Crippen LogP) is 2.65. The highest BCUT2D eigenvalue weighted by Gasteiger charge is 2.46. The van der Waals surface area contributed by atoms with E-state index in [0.717, 1.165) is 6.61 Å². The molecule has 2 fully saturated rings. The van der Waals surface area contributed by atoms with Crippen LogP contribution in [-0.2, 0) is 4.74 Å². The fraction of sp³-hybridized carbons (Fsp3) is 1.00. The fourth-order valence-electron chi connectivity index (χ4n) is 2.58. The highest BCUT2D eigenvalue weighted by Crippen LogP contribution is 2.44. The Labute approximate surface area is 80.3 Å². The van der Waals surface area contributed by atoms with E-state index in [-0.39, 0.29) is 5.60 Å². The quantitative estimate of drug-likeness (QED) is 0.572. The molecule has 12 heavy (non-hydrogen) atoms. The molecule has 2 aliphatic rings. The highest BCUT2D eigenvalue weighted by atomic mass is 32.1. The second kappa shape index (κ2) is 3.22. The standard InChI is InChI=1S/C10H18OS/c1-8-7-11-10(9(8)12)5-3-2-4-6-10/h8-9,12H,2-7H2,1H3/t8-,9+/m0/s1. The summed E-state index contributed by atoms with van der Waals surface area (Å²) < 4.78 is 5.93. The maximum Gasteiger partial charge on any atom is 0.0801 e. The largest absolute Gasteiger partial charge is 0.374 e. The number of ether oxygens (including phenoxy) is 1. The summed E-state index contributed by atoms with van der Waals surface area (Å²) in [6.07, 6.45) is 6.55. The summed E-state index contributed by atoms with van der Waals surface area (Å²) in [6, 6.07) is 0. The number of hydrogen-bond acceptors (Lipinski definition) is 2. The molecule has 0 unspecified atom stereocenters. The van der Waals surface area contributed by atoms with Gasteiger partial charge in [0.1, 0.15) is 0 Å². The molecule has 0 aromatic heterocycles. The SMILES string of the molecule is C[C@H]1COC2(CCCCC2)[C@@H]1S. The minimum atomic E-state index is 0.167. The summed E-state index contributed by atoms with van der Waals surface area (Å²) in [7, 11) is 0. The Morgan fingerprint density at radius 1 is 1.25 bits per heavy atom. The summed E-state index contributed by atoms with van der Waals surface area (Å²) in [6.45, 7) is 3.18. The van der Waals surface area contributed by atoms with Crippen LogP contribution in [0.15, 0.2) is 0 Å². The Kier molecular flexibility index (Phi) is 2.39. The van der Waals surface area contributed by atoms with Crippen LogP contribution in [0.4, 0.5) is 0 Å². The second-order valence-electron chi connectivity index (χ2n) is 4.36. The van der Waals surface area contributed by atoms with Gasteiger partial charge in [-0.15, -0.1) is 0 Å². The van der Waals surface area contributed by atoms with Crippen LogP contribution in [0.1, 0.15) is 39.0 Å². The van der Waals surface area contributed by atoms with E-state index in [2.05, 4.69) is 6.92 Å². The van der Waals surface area contributed by atoms with Crippen molar-refractivity contribution in [1.29, 1.82) is 0 Å². The Balaban J connectivity index is 2.09. The third kappa shape index (κ3) is 1.29. The minimum Gasteiger partial charge on any atom is -0.374 e. The molecule has 1 nitrogen and oxygen atoms in total. The molecule has 0 bridgehead atoms. The lowest BCUT2D eigenvalue weighted by atomic mass is 9.80. The predicted molar refractivity (Wildman–Crippen MR) is 53.7 cm³/mol. The molecule has 1 saturated heterocycles. The summed E-state index contributed by atoms with van der Waals surface area (Å²) in [5.74, 6) is 0.645. The molecule has 0 N–H and O–H groups in total. The van der Waals surface area contributed by atoms with E-state index in [0.29, 0.717) is 11.2 Å². The molecule has 0 amide bonds. The molecule has 0 radical (unpaired) electrons. The Bertz CT molecular complexity index is 158. The molecule has 1 saturated carbocycles. The minimum absolute atomic E-state index is 0.167. The van der Waals surface area contributed by atoms with Crippen LogP contribution >= 0.6 is 12.6 Å². The van der Waals surface area contributed by atoms with Crippen molar-refractivity contribution < 1.29 is 4.74 Å². The van der Waals surface area contributed by atoms with E-state index < -0.39 is 0 Å². The molecule has 2 atom stereocenters. The van der Waals surface area contributed by atoms with Crippen LogP contribution < -0.4 is 0 Å². The zero-order valence-corrected chi connectivity index (χ0v) is 8.65. The van der Waals surface area contributed by atoms with E-state index in [9.17, 15) is 0 Å². The van der Waals surface area contributed by atoms with Crippen LogP contribution in [0.5, 0.6) is 0 Å². The molecular formula is C10H18OS. The first kappa shape index (κ1) is 8.89. The molecule has 1 aliphatic carbocycles. The summed E-state index contributed by atoms with van der Waals surface area (Å²) in [5.41, 5.74) is 0.167. The van der Waals surface area contributed by atoms with E-state index in [1.807, 2.05) is 0 Å². The third-order valence-electron chi connectivity index (χ3n) is 3.41. The van der Waals surface area contributed by atoms with E-state index in [4.69, 9.17) is 17.4 Å². The lowest BCUT2D eigenvalue weighted by Gasteiger charge is -2.36. The molecule has 0 aromatic carbocycles. The van der Waals surface area contributed by atoms with Gasteiger partial charge in [0.15, 0.2) is 0 Å². The van der Waals surface area contributed by atoms with Crippen LogP contribution in [0.3, 0.4) is 0 Å². The van der Waals surface area contributed by atoms with Gasteiger partial charge < -0.3 is 4.74 Å². The van der Waals surface area contributed by atoms with Gasteiger partial charge in [0.2, 0.25) is 0 Å². The van der Waals surface area contributed by atoms with E-state index in [1.165, 1.54) is 32.1 Å². The van der Waals surface area contributed by atoms with E-state index >= 15 is 0 Å². The lowest BCUT2D eigenvalue weighted by Crippen LogP contribution is -2.39. The Morgan fingerprint density at radius 2 is 1.92 bits per heavy atom. The van der Waals surface area contributed by atoms with Crippen molar-refractivity contribution in [2.24, 2.45) is 5.92 Å². The van der Waals surface area contributed by atoms with Crippen molar-refractivity contribution in [3.05, 3.63) is 0 Å². The van der Waals surface area contributed by atoms with Crippen molar-refractivity contribution >= 4 is 12.6 Å².